The molecule has 0 radical (unpaired) electrons. The first-order valence-corrected chi connectivity index (χ1v) is 7.12. The van der Waals surface area contributed by atoms with Crippen molar-refractivity contribution in [2.45, 2.75) is 32.2 Å². The van der Waals surface area contributed by atoms with Crippen molar-refractivity contribution < 1.29 is 4.79 Å². The van der Waals surface area contributed by atoms with E-state index >= 15 is 0 Å². The van der Waals surface area contributed by atoms with E-state index in [1.54, 1.807) is 0 Å². The minimum atomic E-state index is 0.0462. The molecular formula is C12H20N4OS. The van der Waals surface area contributed by atoms with Crippen molar-refractivity contribution in [3.63, 3.8) is 0 Å². The summed E-state index contributed by atoms with van der Waals surface area (Å²) < 4.78 is 0. The number of amides is 1. The van der Waals surface area contributed by atoms with E-state index in [1.165, 1.54) is 18.1 Å². The SMILES string of the molecule is CCCNC(=O)CSc1ncnc(NCC)c1C. The summed E-state index contributed by atoms with van der Waals surface area (Å²) in [5.74, 6) is 1.28. The number of nitrogens with zero attached hydrogens (tertiary/aromatic N) is 2. The number of hydrogen-bond donors (Lipinski definition) is 2. The second kappa shape index (κ2) is 7.92. The quantitative estimate of drug-likeness (QED) is 0.583. The molecule has 5 nitrogen and oxygen atoms in total. The lowest BCUT2D eigenvalue weighted by atomic mass is 10.3. The van der Waals surface area contributed by atoms with Gasteiger partial charge in [-0.15, -0.1) is 0 Å². The highest BCUT2D eigenvalue weighted by molar-refractivity contribution is 7.99. The number of aromatic nitrogens is 2. The van der Waals surface area contributed by atoms with Gasteiger partial charge in [0.2, 0.25) is 5.91 Å². The van der Waals surface area contributed by atoms with E-state index in [9.17, 15) is 4.79 Å². The molecule has 0 saturated heterocycles. The molecule has 0 aliphatic carbocycles. The maximum absolute atomic E-state index is 11.5. The molecule has 1 heterocycles. The molecule has 1 amide bonds. The predicted octanol–water partition coefficient (Wildman–Crippen LogP) is 1.84. The Kier molecular flexibility index (Phi) is 6.49. The molecule has 0 fully saturated rings. The van der Waals surface area contributed by atoms with Gasteiger partial charge in [-0.05, 0) is 20.3 Å². The number of carbonyl (C=O) groups excluding carboxylic acids is 1. The fourth-order valence-corrected chi connectivity index (χ4v) is 2.18. The second-order valence-corrected chi connectivity index (χ2v) is 4.79. The summed E-state index contributed by atoms with van der Waals surface area (Å²) >= 11 is 1.44. The van der Waals surface area contributed by atoms with Gasteiger partial charge < -0.3 is 10.6 Å². The van der Waals surface area contributed by atoms with E-state index in [4.69, 9.17) is 0 Å². The third kappa shape index (κ3) is 4.52. The van der Waals surface area contributed by atoms with Crippen LogP contribution >= 0.6 is 11.8 Å². The van der Waals surface area contributed by atoms with Crippen molar-refractivity contribution >= 4 is 23.5 Å². The molecule has 18 heavy (non-hydrogen) atoms. The first kappa shape index (κ1) is 14.8. The Morgan fingerprint density at radius 1 is 1.39 bits per heavy atom. The maximum Gasteiger partial charge on any atom is 0.230 e. The van der Waals surface area contributed by atoms with Crippen LogP contribution in [0, 0.1) is 6.92 Å². The predicted molar refractivity (Wildman–Crippen MR) is 75.0 cm³/mol. The van der Waals surface area contributed by atoms with E-state index in [0.717, 1.165) is 35.9 Å². The van der Waals surface area contributed by atoms with Crippen LogP contribution < -0.4 is 10.6 Å². The number of carbonyl (C=O) groups is 1. The van der Waals surface area contributed by atoms with Crippen LogP contribution in [-0.4, -0.2) is 34.7 Å². The van der Waals surface area contributed by atoms with Crippen LogP contribution in [0.5, 0.6) is 0 Å². The Labute approximate surface area is 112 Å². The standard InChI is InChI=1S/C12H20N4OS/c1-4-6-14-10(17)7-18-12-9(3)11(13-5-2)15-8-16-12/h8H,4-7H2,1-3H3,(H,14,17)(H,13,15,16). The fraction of sp³-hybridized carbons (Fsp3) is 0.583. The van der Waals surface area contributed by atoms with Crippen LogP contribution in [0.1, 0.15) is 25.8 Å². The largest absolute Gasteiger partial charge is 0.370 e. The lowest BCUT2D eigenvalue weighted by Crippen LogP contribution is -2.25. The van der Waals surface area contributed by atoms with Crippen LogP contribution in [-0.2, 0) is 4.79 Å². The zero-order valence-corrected chi connectivity index (χ0v) is 11.9. The third-order valence-corrected chi connectivity index (χ3v) is 3.39. The Bertz CT molecular complexity index is 398. The van der Waals surface area contributed by atoms with Crippen molar-refractivity contribution in [1.29, 1.82) is 0 Å². The Morgan fingerprint density at radius 2 is 2.17 bits per heavy atom. The minimum absolute atomic E-state index is 0.0462. The second-order valence-electron chi connectivity index (χ2n) is 3.82. The average molecular weight is 268 g/mol. The summed E-state index contributed by atoms with van der Waals surface area (Å²) in [6, 6.07) is 0. The molecule has 0 aromatic carbocycles. The van der Waals surface area contributed by atoms with Gasteiger partial charge in [-0.3, -0.25) is 4.79 Å². The Morgan fingerprint density at radius 3 is 2.83 bits per heavy atom. The molecule has 1 aromatic rings. The van der Waals surface area contributed by atoms with E-state index < -0.39 is 0 Å². The van der Waals surface area contributed by atoms with Crippen LogP contribution in [0.2, 0.25) is 0 Å². The fourth-order valence-electron chi connectivity index (χ4n) is 1.37. The number of nitrogens with one attached hydrogen (secondary N) is 2. The summed E-state index contributed by atoms with van der Waals surface area (Å²) in [5, 5.41) is 6.87. The monoisotopic (exact) mass is 268 g/mol. The molecular weight excluding hydrogens is 248 g/mol. The molecule has 0 saturated carbocycles. The topological polar surface area (TPSA) is 66.9 Å². The first-order chi connectivity index (χ1) is 8.69. The van der Waals surface area contributed by atoms with Crippen LogP contribution in [0.15, 0.2) is 11.4 Å². The minimum Gasteiger partial charge on any atom is -0.370 e. The van der Waals surface area contributed by atoms with E-state index in [1.807, 2.05) is 20.8 Å². The summed E-state index contributed by atoms with van der Waals surface area (Å²) in [6.07, 6.45) is 2.48. The lowest BCUT2D eigenvalue weighted by Gasteiger charge is -2.09. The van der Waals surface area contributed by atoms with E-state index in [-0.39, 0.29) is 5.91 Å². The average Bonchev–Trinajstić information content (AvgIpc) is 2.37. The number of thioether (sulfide) groups is 1. The summed E-state index contributed by atoms with van der Waals surface area (Å²) in [4.78, 5) is 19.9. The molecule has 0 aliphatic heterocycles. The first-order valence-electron chi connectivity index (χ1n) is 6.14. The summed E-state index contributed by atoms with van der Waals surface area (Å²) in [7, 11) is 0. The van der Waals surface area contributed by atoms with Crippen molar-refractivity contribution in [3.05, 3.63) is 11.9 Å². The normalized spacial score (nSPS) is 10.2. The van der Waals surface area contributed by atoms with Crippen LogP contribution in [0.3, 0.4) is 0 Å². The van der Waals surface area contributed by atoms with Gasteiger partial charge in [-0.1, -0.05) is 18.7 Å². The highest BCUT2D eigenvalue weighted by atomic mass is 32.2. The van der Waals surface area contributed by atoms with Crippen molar-refractivity contribution in [1.82, 2.24) is 15.3 Å². The Hall–Kier alpha value is -1.30. The van der Waals surface area contributed by atoms with E-state index in [0.29, 0.717) is 5.75 Å². The molecule has 1 aromatic heterocycles. The molecule has 0 spiro atoms. The highest BCUT2D eigenvalue weighted by Crippen LogP contribution is 2.23. The van der Waals surface area contributed by atoms with Gasteiger partial charge in [0, 0.05) is 18.7 Å². The van der Waals surface area contributed by atoms with Crippen LogP contribution in [0.4, 0.5) is 5.82 Å². The van der Waals surface area contributed by atoms with E-state index in [2.05, 4.69) is 20.6 Å². The highest BCUT2D eigenvalue weighted by Gasteiger charge is 2.09. The smallest absolute Gasteiger partial charge is 0.230 e. The summed E-state index contributed by atoms with van der Waals surface area (Å²) in [5.41, 5.74) is 0.993. The zero-order chi connectivity index (χ0) is 13.4. The van der Waals surface area contributed by atoms with Crippen molar-refractivity contribution in [2.24, 2.45) is 0 Å². The van der Waals surface area contributed by atoms with Crippen LogP contribution in [0.25, 0.3) is 0 Å². The lowest BCUT2D eigenvalue weighted by molar-refractivity contribution is -0.118. The Balaban J connectivity index is 2.56. The van der Waals surface area contributed by atoms with Gasteiger partial charge >= 0.3 is 0 Å². The molecule has 0 aliphatic rings. The van der Waals surface area contributed by atoms with Gasteiger partial charge in [-0.2, -0.15) is 0 Å². The third-order valence-electron chi connectivity index (χ3n) is 2.29. The molecule has 100 valence electrons. The molecule has 2 N–H and O–H groups in total. The molecule has 1 rings (SSSR count). The zero-order valence-electron chi connectivity index (χ0n) is 11.1. The van der Waals surface area contributed by atoms with Crippen molar-refractivity contribution in [3.8, 4) is 0 Å². The van der Waals surface area contributed by atoms with Gasteiger partial charge in [0.25, 0.3) is 0 Å². The maximum atomic E-state index is 11.5. The number of anilines is 1. The molecule has 6 heteroatoms. The molecule has 0 bridgehead atoms. The summed E-state index contributed by atoms with van der Waals surface area (Å²) in [6.45, 7) is 7.56. The number of hydrogen-bond acceptors (Lipinski definition) is 5. The van der Waals surface area contributed by atoms with Gasteiger partial charge in [0.1, 0.15) is 17.2 Å². The van der Waals surface area contributed by atoms with Crippen molar-refractivity contribution in [2.75, 3.05) is 24.2 Å². The van der Waals surface area contributed by atoms with Gasteiger partial charge in [0.15, 0.2) is 0 Å². The van der Waals surface area contributed by atoms with Gasteiger partial charge in [0.05, 0.1) is 5.75 Å². The molecule has 0 atom stereocenters. The van der Waals surface area contributed by atoms with Gasteiger partial charge in [-0.25, -0.2) is 9.97 Å². The molecule has 0 unspecified atom stereocenters. The number of rotatable bonds is 7.